The molecule has 0 heterocycles. The SMILES string of the molecule is Oc1ccc(C(OP)c2ccccc2)c(C(OP)c2ccccc2)c1C(OP)c1ccccc1. The number of hydrogen-bond donors (Lipinski definition) is 1. The normalized spacial score (nSPS) is 13.9. The number of phenols is 1. The third-order valence-corrected chi connectivity index (χ3v) is 6.64. The highest BCUT2D eigenvalue weighted by Crippen LogP contribution is 2.46. The highest BCUT2D eigenvalue weighted by Gasteiger charge is 2.32. The summed E-state index contributed by atoms with van der Waals surface area (Å²) in [6.45, 7) is 0. The van der Waals surface area contributed by atoms with Crippen LogP contribution in [-0.2, 0) is 13.6 Å². The van der Waals surface area contributed by atoms with Crippen LogP contribution in [0.25, 0.3) is 0 Å². The van der Waals surface area contributed by atoms with Crippen LogP contribution in [0.3, 0.4) is 0 Å². The molecule has 7 heteroatoms. The lowest BCUT2D eigenvalue weighted by atomic mass is 9.84. The van der Waals surface area contributed by atoms with E-state index in [1.807, 2.05) is 97.1 Å². The average molecular weight is 508 g/mol. The second kappa shape index (κ2) is 12.0. The van der Waals surface area contributed by atoms with Crippen molar-refractivity contribution in [2.24, 2.45) is 0 Å². The summed E-state index contributed by atoms with van der Waals surface area (Å²) in [6.07, 6.45) is -1.46. The van der Waals surface area contributed by atoms with E-state index in [0.717, 1.165) is 27.8 Å². The van der Waals surface area contributed by atoms with Crippen LogP contribution in [0.5, 0.6) is 5.75 Å². The zero-order chi connectivity index (χ0) is 23.9. The Morgan fingerprint density at radius 2 is 0.853 bits per heavy atom. The first-order valence-electron chi connectivity index (χ1n) is 10.8. The van der Waals surface area contributed by atoms with E-state index in [0.29, 0.717) is 5.56 Å². The molecule has 0 bridgehead atoms. The van der Waals surface area contributed by atoms with Gasteiger partial charge >= 0.3 is 0 Å². The lowest BCUT2D eigenvalue weighted by molar-refractivity contribution is 0.248. The molecule has 0 aliphatic carbocycles. The standard InChI is InChI=1S/C27H27O4P3/c28-22-17-16-21(25(29-32)18-10-4-1-5-11-18)23(26(30-33)19-12-6-2-7-13-19)24(22)27(31-34)20-14-8-3-9-15-20/h1-17,25-28H,32-34H2. The van der Waals surface area contributed by atoms with Crippen LogP contribution >= 0.6 is 28.4 Å². The molecule has 0 aromatic heterocycles. The molecule has 0 radical (unpaired) electrons. The number of phenolic OH excluding ortho intramolecular Hbond substituents is 1. The Morgan fingerprint density at radius 3 is 1.26 bits per heavy atom. The van der Waals surface area contributed by atoms with Crippen molar-refractivity contribution in [3.8, 4) is 5.75 Å². The monoisotopic (exact) mass is 508 g/mol. The van der Waals surface area contributed by atoms with Crippen molar-refractivity contribution >= 4 is 28.4 Å². The molecule has 0 aliphatic heterocycles. The van der Waals surface area contributed by atoms with Crippen LogP contribution in [-0.4, -0.2) is 5.11 Å². The molecule has 174 valence electrons. The predicted octanol–water partition coefficient (Wildman–Crippen LogP) is 7.08. The molecule has 0 saturated carbocycles. The summed E-state index contributed by atoms with van der Waals surface area (Å²) < 4.78 is 17.8. The number of benzene rings is 4. The summed E-state index contributed by atoms with van der Waals surface area (Å²) in [5.41, 5.74) is 5.11. The van der Waals surface area contributed by atoms with E-state index in [9.17, 15) is 5.11 Å². The molecular weight excluding hydrogens is 481 g/mol. The summed E-state index contributed by atoms with van der Waals surface area (Å²) >= 11 is 0. The maximum atomic E-state index is 11.2. The molecule has 0 amide bonds. The Hall–Kier alpha value is -2.15. The summed E-state index contributed by atoms with van der Waals surface area (Å²) in [4.78, 5) is 0. The second-order valence-electron chi connectivity index (χ2n) is 7.78. The van der Waals surface area contributed by atoms with Crippen molar-refractivity contribution in [3.05, 3.63) is 137 Å². The van der Waals surface area contributed by atoms with Gasteiger partial charge in [0, 0.05) is 39.5 Å². The molecule has 1 N–H and O–H groups in total. The largest absolute Gasteiger partial charge is 0.508 e. The fraction of sp³-hybridized carbons (Fsp3) is 0.111. The molecule has 4 aromatic rings. The van der Waals surface area contributed by atoms with Gasteiger partial charge < -0.3 is 18.7 Å². The first-order chi connectivity index (χ1) is 16.7. The molecule has 0 spiro atoms. The minimum atomic E-state index is -0.548. The number of hydrogen-bond acceptors (Lipinski definition) is 4. The van der Waals surface area contributed by atoms with Gasteiger partial charge in [-0.2, -0.15) is 0 Å². The minimum absolute atomic E-state index is 0.119. The molecule has 0 saturated heterocycles. The molecule has 4 nitrogen and oxygen atoms in total. The van der Waals surface area contributed by atoms with E-state index >= 15 is 0 Å². The van der Waals surface area contributed by atoms with Crippen molar-refractivity contribution in [3.63, 3.8) is 0 Å². The Kier molecular flexibility index (Phi) is 8.81. The van der Waals surface area contributed by atoms with Crippen LogP contribution in [0.1, 0.15) is 51.7 Å². The lowest BCUT2D eigenvalue weighted by Gasteiger charge is -2.30. The fourth-order valence-electron chi connectivity index (χ4n) is 4.28. The van der Waals surface area contributed by atoms with Crippen LogP contribution in [0.15, 0.2) is 103 Å². The predicted molar refractivity (Wildman–Crippen MR) is 145 cm³/mol. The average Bonchev–Trinajstić information content (AvgIpc) is 2.90. The molecular formula is C27H27O4P3. The number of aromatic hydroxyl groups is 1. The maximum Gasteiger partial charge on any atom is 0.122 e. The van der Waals surface area contributed by atoms with Gasteiger partial charge in [0.25, 0.3) is 0 Å². The molecule has 34 heavy (non-hydrogen) atoms. The molecule has 0 fully saturated rings. The molecule has 6 unspecified atom stereocenters. The zero-order valence-electron chi connectivity index (χ0n) is 18.5. The third kappa shape index (κ3) is 5.24. The third-order valence-electron chi connectivity index (χ3n) is 5.82. The van der Waals surface area contributed by atoms with Crippen molar-refractivity contribution in [2.75, 3.05) is 0 Å². The summed E-state index contributed by atoms with van der Waals surface area (Å²) in [6, 6.07) is 33.3. The van der Waals surface area contributed by atoms with Crippen molar-refractivity contribution in [1.29, 1.82) is 0 Å². The second-order valence-corrected chi connectivity index (χ2v) is 8.60. The smallest absolute Gasteiger partial charge is 0.122 e. The van der Waals surface area contributed by atoms with Crippen LogP contribution < -0.4 is 0 Å². The zero-order valence-corrected chi connectivity index (χ0v) is 21.9. The topological polar surface area (TPSA) is 47.9 Å². The van der Waals surface area contributed by atoms with Gasteiger partial charge in [0.1, 0.15) is 24.1 Å². The van der Waals surface area contributed by atoms with Gasteiger partial charge in [-0.1, -0.05) is 97.1 Å². The van der Waals surface area contributed by atoms with Crippen LogP contribution in [0, 0.1) is 0 Å². The first-order valence-corrected chi connectivity index (χ1v) is 12.2. The van der Waals surface area contributed by atoms with E-state index in [4.69, 9.17) is 13.6 Å². The maximum absolute atomic E-state index is 11.2. The summed E-state index contributed by atoms with van der Waals surface area (Å²) in [5.74, 6) is 0.119. The lowest BCUT2D eigenvalue weighted by Crippen LogP contribution is -2.16. The minimum Gasteiger partial charge on any atom is -0.508 e. The van der Waals surface area contributed by atoms with Crippen molar-refractivity contribution in [1.82, 2.24) is 0 Å². The van der Waals surface area contributed by atoms with Gasteiger partial charge in [-0.25, -0.2) is 0 Å². The van der Waals surface area contributed by atoms with Gasteiger partial charge in [-0.15, -0.1) is 0 Å². The Balaban J connectivity index is 2.02. The molecule has 0 aliphatic rings. The molecule has 4 aromatic carbocycles. The molecule has 6 atom stereocenters. The van der Waals surface area contributed by atoms with Crippen LogP contribution in [0.2, 0.25) is 0 Å². The van der Waals surface area contributed by atoms with Crippen molar-refractivity contribution in [2.45, 2.75) is 18.3 Å². The van der Waals surface area contributed by atoms with Gasteiger partial charge in [0.15, 0.2) is 0 Å². The number of rotatable bonds is 9. The van der Waals surface area contributed by atoms with Crippen molar-refractivity contribution < 1.29 is 18.7 Å². The van der Waals surface area contributed by atoms with Gasteiger partial charge in [0.2, 0.25) is 0 Å². The summed E-state index contributed by atoms with van der Waals surface area (Å²) in [5, 5.41) is 11.2. The van der Waals surface area contributed by atoms with E-state index in [2.05, 4.69) is 28.4 Å². The Labute approximate surface area is 207 Å². The van der Waals surface area contributed by atoms with E-state index in [-0.39, 0.29) is 5.75 Å². The highest BCUT2D eigenvalue weighted by atomic mass is 31.0. The summed E-state index contributed by atoms with van der Waals surface area (Å²) in [7, 11) is 7.11. The van der Waals surface area contributed by atoms with E-state index in [1.54, 1.807) is 6.07 Å². The van der Waals surface area contributed by atoms with Crippen LogP contribution in [0.4, 0.5) is 0 Å². The Morgan fingerprint density at radius 1 is 0.471 bits per heavy atom. The fourth-order valence-corrected chi connectivity index (χ4v) is 5.17. The van der Waals surface area contributed by atoms with Gasteiger partial charge in [0.05, 0.1) is 0 Å². The van der Waals surface area contributed by atoms with E-state index in [1.165, 1.54) is 0 Å². The Bertz CT molecular complexity index is 1190. The quantitative estimate of drug-likeness (QED) is 0.246. The first kappa shape index (κ1) is 25.0. The van der Waals surface area contributed by atoms with Gasteiger partial charge in [-0.05, 0) is 28.3 Å². The van der Waals surface area contributed by atoms with E-state index < -0.39 is 18.3 Å². The van der Waals surface area contributed by atoms with Gasteiger partial charge in [-0.3, -0.25) is 0 Å². The highest BCUT2D eigenvalue weighted by molar-refractivity contribution is 7.10. The molecule has 4 rings (SSSR count).